The van der Waals surface area contributed by atoms with Gasteiger partial charge < -0.3 is 9.80 Å². The highest BCUT2D eigenvalue weighted by Crippen LogP contribution is 2.39. The van der Waals surface area contributed by atoms with E-state index >= 15 is 0 Å². The van der Waals surface area contributed by atoms with Crippen molar-refractivity contribution >= 4 is 11.7 Å². The van der Waals surface area contributed by atoms with Crippen LogP contribution >= 0.6 is 0 Å². The SMILES string of the molecule is C[C@@H]1C[C@@H]1C(=O)N1CCN(c2ccnc(-c3ccccc3)n2)CC1. The van der Waals surface area contributed by atoms with Crippen molar-refractivity contribution < 1.29 is 4.79 Å². The van der Waals surface area contributed by atoms with Gasteiger partial charge in [0.1, 0.15) is 5.82 Å². The van der Waals surface area contributed by atoms with Crippen LogP contribution in [0.2, 0.25) is 0 Å². The summed E-state index contributed by atoms with van der Waals surface area (Å²) in [6, 6.07) is 12.0. The molecule has 1 aromatic carbocycles. The van der Waals surface area contributed by atoms with Gasteiger partial charge in [0.25, 0.3) is 0 Å². The van der Waals surface area contributed by atoms with E-state index in [-0.39, 0.29) is 5.92 Å². The summed E-state index contributed by atoms with van der Waals surface area (Å²) in [6.07, 6.45) is 2.87. The molecule has 2 heterocycles. The fourth-order valence-electron chi connectivity index (χ4n) is 3.31. The highest BCUT2D eigenvalue weighted by molar-refractivity contribution is 5.81. The smallest absolute Gasteiger partial charge is 0.226 e. The molecule has 0 spiro atoms. The molecule has 1 aliphatic heterocycles. The molecule has 2 atom stereocenters. The van der Waals surface area contributed by atoms with E-state index in [9.17, 15) is 4.79 Å². The second kappa shape index (κ2) is 6.23. The third-order valence-electron chi connectivity index (χ3n) is 5.01. The van der Waals surface area contributed by atoms with Crippen molar-refractivity contribution in [3.8, 4) is 11.4 Å². The monoisotopic (exact) mass is 322 g/mol. The van der Waals surface area contributed by atoms with E-state index in [1.54, 1.807) is 0 Å². The van der Waals surface area contributed by atoms with Crippen molar-refractivity contribution in [3.05, 3.63) is 42.6 Å². The molecule has 1 aromatic heterocycles. The van der Waals surface area contributed by atoms with Crippen molar-refractivity contribution in [3.63, 3.8) is 0 Å². The van der Waals surface area contributed by atoms with Gasteiger partial charge in [0.05, 0.1) is 0 Å². The Kier molecular flexibility index (Phi) is 3.92. The largest absolute Gasteiger partial charge is 0.353 e. The Morgan fingerprint density at radius 1 is 1.08 bits per heavy atom. The van der Waals surface area contributed by atoms with E-state index in [2.05, 4.69) is 16.8 Å². The molecule has 4 rings (SSSR count). The molecule has 1 aliphatic carbocycles. The predicted molar refractivity (Wildman–Crippen MR) is 93.5 cm³/mol. The highest BCUT2D eigenvalue weighted by Gasteiger charge is 2.42. The number of hydrogen-bond donors (Lipinski definition) is 0. The van der Waals surface area contributed by atoms with Crippen molar-refractivity contribution in [2.24, 2.45) is 11.8 Å². The third kappa shape index (κ3) is 2.98. The van der Waals surface area contributed by atoms with Gasteiger partial charge in [-0.25, -0.2) is 9.97 Å². The van der Waals surface area contributed by atoms with E-state index in [0.717, 1.165) is 49.8 Å². The summed E-state index contributed by atoms with van der Waals surface area (Å²) in [5.41, 5.74) is 1.02. The van der Waals surface area contributed by atoms with Gasteiger partial charge in [0.2, 0.25) is 5.91 Å². The van der Waals surface area contributed by atoms with Gasteiger partial charge in [-0.3, -0.25) is 4.79 Å². The summed E-state index contributed by atoms with van der Waals surface area (Å²) < 4.78 is 0. The summed E-state index contributed by atoms with van der Waals surface area (Å²) in [4.78, 5) is 25.7. The van der Waals surface area contributed by atoms with Crippen molar-refractivity contribution in [1.29, 1.82) is 0 Å². The maximum absolute atomic E-state index is 12.3. The Bertz CT molecular complexity index is 725. The first kappa shape index (κ1) is 15.1. The molecule has 5 nitrogen and oxygen atoms in total. The fourth-order valence-corrected chi connectivity index (χ4v) is 3.31. The molecule has 124 valence electrons. The molecule has 0 N–H and O–H groups in total. The summed E-state index contributed by atoms with van der Waals surface area (Å²) in [6.45, 7) is 5.39. The number of piperazine rings is 1. The number of benzene rings is 1. The number of hydrogen-bond acceptors (Lipinski definition) is 4. The number of carbonyl (C=O) groups is 1. The second-order valence-corrected chi connectivity index (χ2v) is 6.74. The first-order chi connectivity index (χ1) is 11.7. The summed E-state index contributed by atoms with van der Waals surface area (Å²) >= 11 is 0. The first-order valence-electron chi connectivity index (χ1n) is 8.64. The van der Waals surface area contributed by atoms with Crippen molar-refractivity contribution in [1.82, 2.24) is 14.9 Å². The topological polar surface area (TPSA) is 49.3 Å². The molecule has 2 aromatic rings. The minimum absolute atomic E-state index is 0.278. The zero-order valence-electron chi connectivity index (χ0n) is 13.9. The lowest BCUT2D eigenvalue weighted by atomic mass is 10.2. The number of anilines is 1. The van der Waals surface area contributed by atoms with Crippen LogP contribution in [0.25, 0.3) is 11.4 Å². The average molecular weight is 322 g/mol. The highest BCUT2D eigenvalue weighted by atomic mass is 16.2. The Labute approximate surface area is 142 Å². The maximum atomic E-state index is 12.3. The number of aromatic nitrogens is 2. The lowest BCUT2D eigenvalue weighted by Crippen LogP contribution is -2.49. The standard InChI is InChI=1S/C19H22N4O/c1-14-13-16(14)19(24)23-11-9-22(10-12-23)17-7-8-20-18(21-17)15-5-3-2-4-6-15/h2-8,14,16H,9-13H2,1H3/t14-,16+/m1/s1. The molecular weight excluding hydrogens is 300 g/mol. The van der Waals surface area contributed by atoms with Crippen LogP contribution in [0.4, 0.5) is 5.82 Å². The number of amides is 1. The van der Waals surface area contributed by atoms with E-state index in [0.29, 0.717) is 11.8 Å². The van der Waals surface area contributed by atoms with Gasteiger partial charge in [-0.05, 0) is 18.4 Å². The average Bonchev–Trinajstić information content (AvgIpc) is 3.39. The lowest BCUT2D eigenvalue weighted by Gasteiger charge is -2.35. The third-order valence-corrected chi connectivity index (χ3v) is 5.01. The molecule has 0 bridgehead atoms. The minimum Gasteiger partial charge on any atom is -0.353 e. The summed E-state index contributed by atoms with van der Waals surface area (Å²) in [5, 5.41) is 0. The van der Waals surface area contributed by atoms with Crippen LogP contribution < -0.4 is 4.90 Å². The molecule has 24 heavy (non-hydrogen) atoms. The van der Waals surface area contributed by atoms with Gasteiger partial charge >= 0.3 is 0 Å². The Hall–Kier alpha value is -2.43. The quantitative estimate of drug-likeness (QED) is 0.871. The maximum Gasteiger partial charge on any atom is 0.226 e. The minimum atomic E-state index is 0.278. The van der Waals surface area contributed by atoms with Gasteiger partial charge in [-0.2, -0.15) is 0 Å². The van der Waals surface area contributed by atoms with Crippen LogP contribution in [0.5, 0.6) is 0 Å². The molecule has 0 unspecified atom stereocenters. The summed E-state index contributed by atoms with van der Waals surface area (Å²) in [5.74, 6) is 2.88. The Morgan fingerprint density at radius 2 is 1.79 bits per heavy atom. The normalized spacial score (nSPS) is 23.2. The molecule has 2 fully saturated rings. The van der Waals surface area contributed by atoms with Crippen LogP contribution in [-0.2, 0) is 4.79 Å². The van der Waals surface area contributed by atoms with Crippen molar-refractivity contribution in [2.45, 2.75) is 13.3 Å². The zero-order chi connectivity index (χ0) is 16.5. The predicted octanol–water partition coefficient (Wildman–Crippen LogP) is 2.45. The molecule has 1 amide bonds. The van der Waals surface area contributed by atoms with Crippen molar-refractivity contribution in [2.75, 3.05) is 31.1 Å². The van der Waals surface area contributed by atoms with Gasteiger partial charge in [0, 0.05) is 43.9 Å². The second-order valence-electron chi connectivity index (χ2n) is 6.74. The van der Waals surface area contributed by atoms with Crippen LogP contribution in [0.1, 0.15) is 13.3 Å². The first-order valence-corrected chi connectivity index (χ1v) is 8.64. The molecule has 1 saturated heterocycles. The van der Waals surface area contributed by atoms with Gasteiger partial charge in [-0.1, -0.05) is 37.3 Å². The van der Waals surface area contributed by atoms with Crippen LogP contribution in [-0.4, -0.2) is 47.0 Å². The Morgan fingerprint density at radius 3 is 2.46 bits per heavy atom. The summed E-state index contributed by atoms with van der Waals surface area (Å²) in [7, 11) is 0. The van der Waals surface area contributed by atoms with E-state index in [4.69, 9.17) is 4.98 Å². The Balaban J connectivity index is 1.43. The van der Waals surface area contributed by atoms with Crippen LogP contribution in [0, 0.1) is 11.8 Å². The molecular formula is C19H22N4O. The van der Waals surface area contributed by atoms with Crippen LogP contribution in [0.15, 0.2) is 42.6 Å². The van der Waals surface area contributed by atoms with E-state index in [1.165, 1.54) is 0 Å². The van der Waals surface area contributed by atoms with Gasteiger partial charge in [0.15, 0.2) is 5.82 Å². The fraction of sp³-hybridized carbons (Fsp3) is 0.421. The van der Waals surface area contributed by atoms with Gasteiger partial charge in [-0.15, -0.1) is 0 Å². The molecule has 0 radical (unpaired) electrons. The zero-order valence-corrected chi connectivity index (χ0v) is 13.9. The van der Waals surface area contributed by atoms with E-state index in [1.807, 2.05) is 47.5 Å². The number of carbonyl (C=O) groups excluding carboxylic acids is 1. The lowest BCUT2D eigenvalue weighted by molar-refractivity contribution is -0.133. The number of nitrogens with zero attached hydrogens (tertiary/aromatic N) is 4. The van der Waals surface area contributed by atoms with Crippen LogP contribution in [0.3, 0.4) is 0 Å². The number of rotatable bonds is 3. The molecule has 1 saturated carbocycles. The molecule has 5 heteroatoms. The van der Waals surface area contributed by atoms with E-state index < -0.39 is 0 Å². The molecule has 2 aliphatic rings.